The van der Waals surface area contributed by atoms with E-state index < -0.39 is 30.5 Å². The van der Waals surface area contributed by atoms with E-state index in [0.717, 1.165) is 11.3 Å². The first-order valence-corrected chi connectivity index (χ1v) is 5.74. The molecule has 18 heavy (non-hydrogen) atoms. The van der Waals surface area contributed by atoms with Gasteiger partial charge in [-0.05, 0) is 12.1 Å². The zero-order chi connectivity index (χ0) is 13.9. The molecule has 2 N–H and O–H groups in total. The molecule has 0 aliphatic carbocycles. The lowest BCUT2D eigenvalue weighted by Gasteiger charge is -2.16. The number of amides is 1. The Hall–Kier alpha value is -1.28. The normalized spacial score (nSPS) is 13.1. The number of halogens is 4. The van der Waals surface area contributed by atoms with E-state index in [1.807, 2.05) is 0 Å². The molecule has 4 nitrogen and oxygen atoms in total. The third kappa shape index (κ3) is 4.19. The van der Waals surface area contributed by atoms with E-state index in [-0.39, 0.29) is 4.88 Å². The highest BCUT2D eigenvalue weighted by Gasteiger charge is 2.40. The fourth-order valence-corrected chi connectivity index (χ4v) is 2.27. The summed E-state index contributed by atoms with van der Waals surface area (Å²) in [4.78, 5) is 21.6. The Morgan fingerprint density at radius 3 is 2.44 bits per heavy atom. The SMILES string of the molecule is O=C(O)CC(NC(=O)C(F)(F)F)c1ccc(Cl)s1. The lowest BCUT2D eigenvalue weighted by molar-refractivity contribution is -0.174. The lowest BCUT2D eigenvalue weighted by Crippen LogP contribution is -2.39. The maximum absolute atomic E-state index is 12.1. The third-order valence-corrected chi connectivity index (χ3v) is 3.22. The number of aliphatic carboxylic acids is 1. The van der Waals surface area contributed by atoms with Gasteiger partial charge in [0.25, 0.3) is 0 Å². The average molecular weight is 302 g/mol. The number of carboxylic acids is 1. The summed E-state index contributed by atoms with van der Waals surface area (Å²) in [7, 11) is 0. The monoisotopic (exact) mass is 301 g/mol. The second kappa shape index (κ2) is 5.57. The van der Waals surface area contributed by atoms with Crippen molar-refractivity contribution in [1.82, 2.24) is 5.32 Å². The van der Waals surface area contributed by atoms with Gasteiger partial charge in [-0.3, -0.25) is 9.59 Å². The van der Waals surface area contributed by atoms with Gasteiger partial charge in [0.15, 0.2) is 0 Å². The lowest BCUT2D eigenvalue weighted by atomic mass is 10.1. The predicted molar refractivity (Wildman–Crippen MR) is 58.5 cm³/mol. The summed E-state index contributed by atoms with van der Waals surface area (Å²) in [6.45, 7) is 0. The molecule has 1 atom stereocenters. The number of hydrogen-bond acceptors (Lipinski definition) is 3. The second-order valence-corrected chi connectivity index (χ2v) is 5.01. The molecule has 0 saturated carbocycles. The molecular weight excluding hydrogens is 295 g/mol. The zero-order valence-corrected chi connectivity index (χ0v) is 10.2. The number of nitrogens with one attached hydrogen (secondary N) is 1. The summed E-state index contributed by atoms with van der Waals surface area (Å²) in [6.07, 6.45) is -5.71. The van der Waals surface area contributed by atoms with Crippen LogP contribution >= 0.6 is 22.9 Å². The summed E-state index contributed by atoms with van der Waals surface area (Å²) in [5, 5.41) is 10.2. The van der Waals surface area contributed by atoms with Crippen molar-refractivity contribution in [2.45, 2.75) is 18.6 Å². The van der Waals surface area contributed by atoms with Crippen molar-refractivity contribution in [2.24, 2.45) is 0 Å². The molecule has 9 heteroatoms. The van der Waals surface area contributed by atoms with Gasteiger partial charge in [0.2, 0.25) is 0 Å². The topological polar surface area (TPSA) is 66.4 Å². The average Bonchev–Trinajstić information content (AvgIpc) is 2.61. The summed E-state index contributed by atoms with van der Waals surface area (Å²) < 4.78 is 36.6. The number of thiophene rings is 1. The molecule has 0 bridgehead atoms. The maximum atomic E-state index is 12.1. The molecule has 0 aromatic carbocycles. The van der Waals surface area contributed by atoms with Crippen molar-refractivity contribution in [3.05, 3.63) is 21.3 Å². The van der Waals surface area contributed by atoms with Crippen LogP contribution in [0.3, 0.4) is 0 Å². The molecule has 1 aromatic rings. The smallest absolute Gasteiger partial charge is 0.471 e. The molecule has 1 aromatic heterocycles. The van der Waals surface area contributed by atoms with Gasteiger partial charge >= 0.3 is 18.1 Å². The maximum Gasteiger partial charge on any atom is 0.471 e. The first-order chi connectivity index (χ1) is 8.20. The third-order valence-electron chi connectivity index (χ3n) is 1.88. The van der Waals surface area contributed by atoms with Crippen LogP contribution in [0, 0.1) is 0 Å². The van der Waals surface area contributed by atoms with Crippen LogP contribution < -0.4 is 5.32 Å². The predicted octanol–water partition coefficient (Wildman–Crippen LogP) is 2.60. The fourth-order valence-electron chi connectivity index (χ4n) is 1.15. The Morgan fingerprint density at radius 1 is 1.44 bits per heavy atom. The van der Waals surface area contributed by atoms with Crippen LogP contribution in [0.4, 0.5) is 13.2 Å². The zero-order valence-electron chi connectivity index (χ0n) is 8.62. The Kier molecular flexibility index (Phi) is 4.58. The number of carboxylic acid groups (broad SMARTS) is 1. The largest absolute Gasteiger partial charge is 0.481 e. The van der Waals surface area contributed by atoms with Crippen molar-refractivity contribution in [1.29, 1.82) is 0 Å². The van der Waals surface area contributed by atoms with Crippen molar-refractivity contribution in [2.75, 3.05) is 0 Å². The minimum absolute atomic E-state index is 0.250. The Bertz CT molecular complexity index is 460. The first-order valence-electron chi connectivity index (χ1n) is 4.55. The van der Waals surface area contributed by atoms with Gasteiger partial charge < -0.3 is 10.4 Å². The van der Waals surface area contributed by atoms with E-state index >= 15 is 0 Å². The Labute approximate surface area is 108 Å². The fraction of sp³-hybridized carbons (Fsp3) is 0.333. The minimum atomic E-state index is -5.06. The van der Waals surface area contributed by atoms with Crippen molar-refractivity contribution < 1.29 is 27.9 Å². The molecular formula is C9H7ClF3NO3S. The highest BCUT2D eigenvalue weighted by atomic mass is 35.5. The van der Waals surface area contributed by atoms with Crippen LogP contribution in [0.1, 0.15) is 17.3 Å². The molecule has 0 radical (unpaired) electrons. The van der Waals surface area contributed by atoms with Gasteiger partial charge in [0.05, 0.1) is 16.8 Å². The second-order valence-electron chi connectivity index (χ2n) is 3.26. The van der Waals surface area contributed by atoms with Crippen LogP contribution in [0.5, 0.6) is 0 Å². The molecule has 0 saturated heterocycles. The van der Waals surface area contributed by atoms with Gasteiger partial charge in [0.1, 0.15) is 0 Å². The number of rotatable bonds is 4. The van der Waals surface area contributed by atoms with Crippen LogP contribution in [-0.2, 0) is 9.59 Å². The molecule has 0 aliphatic rings. The van der Waals surface area contributed by atoms with Crippen LogP contribution in [0.2, 0.25) is 4.34 Å². The van der Waals surface area contributed by atoms with Crippen LogP contribution in [-0.4, -0.2) is 23.2 Å². The molecule has 1 heterocycles. The highest BCUT2D eigenvalue weighted by molar-refractivity contribution is 7.16. The van der Waals surface area contributed by atoms with Crippen molar-refractivity contribution in [3.63, 3.8) is 0 Å². The van der Waals surface area contributed by atoms with E-state index in [1.54, 1.807) is 5.32 Å². The summed E-state index contributed by atoms with van der Waals surface area (Å²) >= 11 is 6.51. The Balaban J connectivity index is 2.86. The summed E-state index contributed by atoms with van der Waals surface area (Å²) in [5.41, 5.74) is 0. The quantitative estimate of drug-likeness (QED) is 0.898. The number of hydrogen-bond donors (Lipinski definition) is 2. The van der Waals surface area contributed by atoms with Crippen LogP contribution in [0.25, 0.3) is 0 Å². The highest BCUT2D eigenvalue weighted by Crippen LogP contribution is 2.29. The van der Waals surface area contributed by atoms with E-state index in [9.17, 15) is 22.8 Å². The van der Waals surface area contributed by atoms with Crippen molar-refractivity contribution >= 4 is 34.8 Å². The molecule has 1 rings (SSSR count). The molecule has 0 fully saturated rings. The van der Waals surface area contributed by atoms with Crippen LogP contribution in [0.15, 0.2) is 12.1 Å². The van der Waals surface area contributed by atoms with Gasteiger partial charge in [-0.2, -0.15) is 13.2 Å². The van der Waals surface area contributed by atoms with Gasteiger partial charge in [-0.15, -0.1) is 11.3 Å². The van der Waals surface area contributed by atoms with Gasteiger partial charge in [-0.25, -0.2) is 0 Å². The molecule has 0 spiro atoms. The minimum Gasteiger partial charge on any atom is -0.481 e. The van der Waals surface area contributed by atoms with E-state index in [4.69, 9.17) is 16.7 Å². The first kappa shape index (κ1) is 14.8. The Morgan fingerprint density at radius 2 is 2.06 bits per heavy atom. The van der Waals surface area contributed by atoms with E-state index in [2.05, 4.69) is 0 Å². The van der Waals surface area contributed by atoms with Crippen molar-refractivity contribution in [3.8, 4) is 0 Å². The molecule has 1 unspecified atom stereocenters. The standard InChI is InChI=1S/C9H7ClF3NO3S/c10-6-2-1-5(18-6)4(3-7(15)16)14-8(17)9(11,12)13/h1-2,4H,3H2,(H,14,17)(H,15,16). The van der Waals surface area contributed by atoms with E-state index in [0.29, 0.717) is 4.34 Å². The number of carbonyl (C=O) groups excluding carboxylic acids is 1. The molecule has 100 valence electrons. The summed E-state index contributed by atoms with van der Waals surface area (Å²) in [5.74, 6) is -3.51. The number of alkyl halides is 3. The molecule has 0 aliphatic heterocycles. The number of carbonyl (C=O) groups is 2. The van der Waals surface area contributed by atoms with Gasteiger partial charge in [0, 0.05) is 4.88 Å². The summed E-state index contributed by atoms with van der Waals surface area (Å²) in [6, 6.07) is 1.53. The molecule has 1 amide bonds. The van der Waals surface area contributed by atoms with E-state index in [1.165, 1.54) is 12.1 Å². The van der Waals surface area contributed by atoms with Gasteiger partial charge in [-0.1, -0.05) is 11.6 Å².